The number of rotatable bonds is 12. The first-order valence-corrected chi connectivity index (χ1v) is 9.00. The molecule has 4 nitrogen and oxygen atoms in total. The van der Waals surface area contributed by atoms with E-state index in [1.807, 2.05) is 25.1 Å². The van der Waals surface area contributed by atoms with Crippen LogP contribution in [0.15, 0.2) is 30.3 Å². The summed E-state index contributed by atoms with van der Waals surface area (Å²) in [5.41, 5.74) is 1.23. The fourth-order valence-electron chi connectivity index (χ4n) is 2.41. The highest BCUT2D eigenvalue weighted by atomic mass is 16.5. The molecule has 1 rings (SSSR count). The summed E-state index contributed by atoms with van der Waals surface area (Å²) >= 11 is 0. The number of unbranched alkanes of at least 4 members (excludes halogenated alkanes) is 2. The number of hydrogen-bond donors (Lipinski definition) is 0. The average Bonchev–Trinajstić information content (AvgIpc) is 2.58. The highest BCUT2D eigenvalue weighted by Crippen LogP contribution is 2.08. The zero-order valence-corrected chi connectivity index (χ0v) is 15.0. The van der Waals surface area contributed by atoms with Crippen LogP contribution in [0, 0.1) is 0 Å². The first-order valence-electron chi connectivity index (χ1n) is 9.00. The van der Waals surface area contributed by atoms with Gasteiger partial charge in [-0.3, -0.25) is 9.59 Å². The molecule has 0 amide bonds. The van der Waals surface area contributed by atoms with Gasteiger partial charge in [0, 0.05) is 0 Å². The fraction of sp³-hybridized carbons (Fsp3) is 0.600. The molecule has 4 heteroatoms. The molecule has 0 aromatic heterocycles. The molecule has 0 aliphatic carbocycles. The lowest BCUT2D eigenvalue weighted by Crippen LogP contribution is -2.16. The molecule has 1 unspecified atom stereocenters. The van der Waals surface area contributed by atoms with Gasteiger partial charge in [0.2, 0.25) is 0 Å². The van der Waals surface area contributed by atoms with Gasteiger partial charge in [-0.2, -0.15) is 0 Å². The molecule has 0 spiro atoms. The van der Waals surface area contributed by atoms with Crippen molar-refractivity contribution in [2.45, 2.75) is 71.3 Å². The summed E-state index contributed by atoms with van der Waals surface area (Å²) in [5.74, 6) is -0.654. The molecule has 0 aliphatic heterocycles. The summed E-state index contributed by atoms with van der Waals surface area (Å²) in [6.07, 6.45) is 6.01. The van der Waals surface area contributed by atoms with Gasteiger partial charge in [0.25, 0.3) is 0 Å². The van der Waals surface area contributed by atoms with Gasteiger partial charge in [0.15, 0.2) is 0 Å². The van der Waals surface area contributed by atoms with Gasteiger partial charge in [-0.15, -0.1) is 0 Å². The van der Waals surface area contributed by atoms with Crippen LogP contribution in [-0.2, 0) is 25.5 Å². The monoisotopic (exact) mass is 334 g/mol. The molecule has 0 saturated carbocycles. The van der Waals surface area contributed by atoms with E-state index in [0.717, 1.165) is 38.5 Å². The van der Waals surface area contributed by atoms with Crippen LogP contribution in [0.1, 0.15) is 64.4 Å². The summed E-state index contributed by atoms with van der Waals surface area (Å²) in [6, 6.07) is 10.1. The SMILES string of the molecule is CCCCCC(C)OC(=O)CCC(=O)OCCCc1ccccc1. The van der Waals surface area contributed by atoms with Crippen LogP contribution in [0.2, 0.25) is 0 Å². The molecule has 1 atom stereocenters. The Kier molecular flexibility index (Phi) is 10.6. The second kappa shape index (κ2) is 12.6. The van der Waals surface area contributed by atoms with Crippen LogP contribution in [-0.4, -0.2) is 24.6 Å². The molecular weight excluding hydrogens is 304 g/mol. The Bertz CT molecular complexity index is 470. The predicted octanol–water partition coefficient (Wildman–Crippen LogP) is 4.45. The standard InChI is InChI=1S/C20H30O4/c1-3-4-6-10-17(2)24-20(22)15-14-19(21)23-16-9-13-18-11-7-5-8-12-18/h5,7-8,11-12,17H,3-4,6,9-10,13-16H2,1-2H3. The van der Waals surface area contributed by atoms with Crippen molar-refractivity contribution in [2.24, 2.45) is 0 Å². The zero-order chi connectivity index (χ0) is 17.6. The molecule has 1 aromatic carbocycles. The summed E-state index contributed by atoms with van der Waals surface area (Å²) in [4.78, 5) is 23.3. The van der Waals surface area contributed by atoms with Crippen molar-refractivity contribution in [1.82, 2.24) is 0 Å². The first-order chi connectivity index (χ1) is 11.6. The van der Waals surface area contributed by atoms with Crippen molar-refractivity contribution in [2.75, 3.05) is 6.61 Å². The molecule has 0 N–H and O–H groups in total. The van der Waals surface area contributed by atoms with Gasteiger partial charge in [-0.05, 0) is 38.2 Å². The smallest absolute Gasteiger partial charge is 0.306 e. The highest BCUT2D eigenvalue weighted by Gasteiger charge is 2.12. The van der Waals surface area contributed by atoms with E-state index in [1.54, 1.807) is 0 Å². The number of hydrogen-bond acceptors (Lipinski definition) is 4. The quantitative estimate of drug-likeness (QED) is 0.418. The Balaban J connectivity index is 2.05. The molecule has 0 radical (unpaired) electrons. The van der Waals surface area contributed by atoms with E-state index in [0.29, 0.717) is 6.61 Å². The summed E-state index contributed by atoms with van der Waals surface area (Å²) < 4.78 is 10.4. The first kappa shape index (κ1) is 20.2. The lowest BCUT2D eigenvalue weighted by atomic mass is 10.1. The van der Waals surface area contributed by atoms with E-state index in [-0.39, 0.29) is 30.9 Å². The van der Waals surface area contributed by atoms with E-state index in [1.165, 1.54) is 5.56 Å². The maximum Gasteiger partial charge on any atom is 0.306 e. The fourth-order valence-corrected chi connectivity index (χ4v) is 2.41. The molecular formula is C20H30O4. The average molecular weight is 334 g/mol. The topological polar surface area (TPSA) is 52.6 Å². The number of benzene rings is 1. The minimum atomic E-state index is -0.335. The van der Waals surface area contributed by atoms with Crippen molar-refractivity contribution in [3.63, 3.8) is 0 Å². The van der Waals surface area contributed by atoms with E-state index >= 15 is 0 Å². The second-order valence-corrected chi connectivity index (χ2v) is 6.11. The second-order valence-electron chi connectivity index (χ2n) is 6.11. The summed E-state index contributed by atoms with van der Waals surface area (Å²) in [6.45, 7) is 4.42. The van der Waals surface area contributed by atoms with Crippen molar-refractivity contribution in [1.29, 1.82) is 0 Å². The Morgan fingerprint density at radius 3 is 2.42 bits per heavy atom. The lowest BCUT2D eigenvalue weighted by molar-refractivity contribution is -0.153. The molecule has 0 bridgehead atoms. The minimum absolute atomic E-state index is 0.0778. The number of ether oxygens (including phenoxy) is 2. The molecule has 0 saturated heterocycles. The van der Waals surface area contributed by atoms with Crippen LogP contribution in [0.3, 0.4) is 0 Å². The third-order valence-corrected chi connectivity index (χ3v) is 3.80. The number of esters is 2. The summed E-state index contributed by atoms with van der Waals surface area (Å²) in [7, 11) is 0. The van der Waals surface area contributed by atoms with Gasteiger partial charge >= 0.3 is 11.9 Å². The number of carbonyl (C=O) groups is 2. The van der Waals surface area contributed by atoms with Crippen LogP contribution in [0.25, 0.3) is 0 Å². The Morgan fingerprint density at radius 2 is 1.71 bits per heavy atom. The maximum atomic E-state index is 11.7. The number of carbonyl (C=O) groups excluding carboxylic acids is 2. The van der Waals surface area contributed by atoms with E-state index < -0.39 is 0 Å². The highest BCUT2D eigenvalue weighted by molar-refractivity contribution is 5.77. The van der Waals surface area contributed by atoms with E-state index in [4.69, 9.17) is 9.47 Å². The van der Waals surface area contributed by atoms with Gasteiger partial charge in [0.05, 0.1) is 25.6 Å². The number of aryl methyl sites for hydroxylation is 1. The predicted molar refractivity (Wildman–Crippen MR) is 94.7 cm³/mol. The van der Waals surface area contributed by atoms with E-state index in [2.05, 4.69) is 19.1 Å². The third kappa shape index (κ3) is 10.0. The molecule has 24 heavy (non-hydrogen) atoms. The lowest BCUT2D eigenvalue weighted by Gasteiger charge is -2.12. The molecule has 1 aromatic rings. The minimum Gasteiger partial charge on any atom is -0.466 e. The van der Waals surface area contributed by atoms with Gasteiger partial charge in [-0.1, -0.05) is 50.1 Å². The molecule has 0 fully saturated rings. The Hall–Kier alpha value is -1.84. The van der Waals surface area contributed by atoms with Crippen LogP contribution < -0.4 is 0 Å². The maximum absolute atomic E-state index is 11.7. The van der Waals surface area contributed by atoms with Gasteiger partial charge in [0.1, 0.15) is 0 Å². The van der Waals surface area contributed by atoms with E-state index in [9.17, 15) is 9.59 Å². The zero-order valence-electron chi connectivity index (χ0n) is 15.0. The Morgan fingerprint density at radius 1 is 1.00 bits per heavy atom. The molecule has 0 heterocycles. The van der Waals surface area contributed by atoms with Crippen LogP contribution in [0.5, 0.6) is 0 Å². The van der Waals surface area contributed by atoms with Crippen molar-refractivity contribution >= 4 is 11.9 Å². The summed E-state index contributed by atoms with van der Waals surface area (Å²) in [5, 5.41) is 0. The normalized spacial score (nSPS) is 11.8. The van der Waals surface area contributed by atoms with Crippen molar-refractivity contribution < 1.29 is 19.1 Å². The molecule has 134 valence electrons. The van der Waals surface area contributed by atoms with Gasteiger partial charge < -0.3 is 9.47 Å². The Labute approximate surface area is 145 Å². The van der Waals surface area contributed by atoms with Gasteiger partial charge in [-0.25, -0.2) is 0 Å². The van der Waals surface area contributed by atoms with Crippen molar-refractivity contribution in [3.05, 3.63) is 35.9 Å². The third-order valence-electron chi connectivity index (χ3n) is 3.80. The molecule has 0 aliphatic rings. The van der Waals surface area contributed by atoms with Crippen LogP contribution >= 0.6 is 0 Å². The van der Waals surface area contributed by atoms with Crippen LogP contribution in [0.4, 0.5) is 0 Å². The van der Waals surface area contributed by atoms with Crippen molar-refractivity contribution in [3.8, 4) is 0 Å². The largest absolute Gasteiger partial charge is 0.466 e.